The van der Waals surface area contributed by atoms with E-state index in [0.717, 1.165) is 21.0 Å². The molecule has 2 amide bonds. The number of anilines is 2. The number of hydrogen-bond donors (Lipinski definition) is 0. The molecule has 0 radical (unpaired) electrons. The van der Waals surface area contributed by atoms with E-state index in [4.69, 9.17) is 16.3 Å². The molecule has 3 aromatic rings. The molecule has 0 saturated heterocycles. The van der Waals surface area contributed by atoms with Crippen molar-refractivity contribution in [2.45, 2.75) is 18.7 Å². The number of imide groups is 1. The molecule has 0 saturated carbocycles. The number of hydrogen-bond acceptors (Lipinski definition) is 5. The smallest absolute Gasteiger partial charge is 0.283 e. The van der Waals surface area contributed by atoms with Crippen LogP contribution in [0, 0.1) is 6.92 Å². The van der Waals surface area contributed by atoms with E-state index in [1.165, 1.54) is 18.9 Å². The number of rotatable bonds is 7. The monoisotopic (exact) mass is 478 g/mol. The molecule has 33 heavy (non-hydrogen) atoms. The van der Waals surface area contributed by atoms with Gasteiger partial charge >= 0.3 is 0 Å². The summed E-state index contributed by atoms with van der Waals surface area (Å²) < 4.78 is 5.44. The van der Waals surface area contributed by atoms with Crippen molar-refractivity contribution >= 4 is 46.6 Å². The minimum atomic E-state index is -0.416. The second-order valence-corrected chi connectivity index (χ2v) is 8.95. The van der Waals surface area contributed by atoms with Crippen molar-refractivity contribution in [3.05, 3.63) is 94.0 Å². The summed E-state index contributed by atoms with van der Waals surface area (Å²) >= 11 is 7.50. The van der Waals surface area contributed by atoms with Crippen molar-refractivity contribution in [1.29, 1.82) is 0 Å². The highest BCUT2D eigenvalue weighted by molar-refractivity contribution is 8.04. The van der Waals surface area contributed by atoms with Gasteiger partial charge in [-0.15, -0.1) is 0 Å². The summed E-state index contributed by atoms with van der Waals surface area (Å²) in [5.41, 5.74) is 2.60. The summed E-state index contributed by atoms with van der Waals surface area (Å²) in [4.78, 5) is 31.8. The first-order valence-electron chi connectivity index (χ1n) is 10.5. The average Bonchev–Trinajstić information content (AvgIpc) is 3.06. The van der Waals surface area contributed by atoms with Gasteiger partial charge in [0.15, 0.2) is 0 Å². The predicted molar refractivity (Wildman–Crippen MR) is 134 cm³/mol. The first-order valence-corrected chi connectivity index (χ1v) is 11.7. The number of thioether (sulfide) groups is 1. The molecule has 0 aromatic heterocycles. The maximum absolute atomic E-state index is 13.8. The summed E-state index contributed by atoms with van der Waals surface area (Å²) in [6, 6.07) is 22.3. The fraction of sp³-hybridized carbons (Fsp3) is 0.154. The molecule has 7 heteroatoms. The zero-order valence-corrected chi connectivity index (χ0v) is 20.1. The Hall–Kier alpha value is -3.22. The van der Waals surface area contributed by atoms with Crippen LogP contribution in [-0.4, -0.2) is 25.5 Å². The zero-order valence-electron chi connectivity index (χ0n) is 18.5. The van der Waals surface area contributed by atoms with Crippen LogP contribution in [0.4, 0.5) is 11.4 Å². The minimum Gasteiger partial charge on any atom is -0.495 e. The van der Waals surface area contributed by atoms with E-state index in [0.29, 0.717) is 33.6 Å². The Balaban J connectivity index is 1.86. The van der Waals surface area contributed by atoms with E-state index in [-0.39, 0.29) is 0 Å². The van der Waals surface area contributed by atoms with Crippen molar-refractivity contribution < 1.29 is 14.3 Å². The fourth-order valence-corrected chi connectivity index (χ4v) is 4.83. The first kappa shape index (κ1) is 23.0. The maximum atomic E-state index is 13.8. The Bertz CT molecular complexity index is 1230. The van der Waals surface area contributed by atoms with Crippen LogP contribution in [0.3, 0.4) is 0 Å². The third-order valence-corrected chi connectivity index (χ3v) is 6.61. The molecule has 0 aliphatic carbocycles. The normalized spacial score (nSPS) is 13.6. The summed E-state index contributed by atoms with van der Waals surface area (Å²) in [5.74, 6) is -0.429. The van der Waals surface area contributed by atoms with Gasteiger partial charge in [-0.05, 0) is 56.3 Å². The molecule has 0 bridgehead atoms. The molecule has 1 heterocycles. The van der Waals surface area contributed by atoms with Crippen LogP contribution in [-0.2, 0) is 9.59 Å². The number of likely N-dealkylation sites (N-methyl/N-ethyl adjacent to an activating group) is 1. The number of amides is 2. The van der Waals surface area contributed by atoms with Gasteiger partial charge < -0.3 is 9.64 Å². The number of para-hydroxylation sites is 1. The number of carbonyl (C=O) groups excluding carboxylic acids is 2. The Morgan fingerprint density at radius 1 is 0.970 bits per heavy atom. The molecule has 0 N–H and O–H groups in total. The van der Waals surface area contributed by atoms with Gasteiger partial charge in [0, 0.05) is 22.2 Å². The van der Waals surface area contributed by atoms with Gasteiger partial charge in [-0.2, -0.15) is 0 Å². The minimum absolute atomic E-state index is 0.320. The third kappa shape index (κ3) is 4.49. The lowest BCUT2D eigenvalue weighted by atomic mass is 10.2. The van der Waals surface area contributed by atoms with Crippen LogP contribution < -0.4 is 14.5 Å². The van der Waals surface area contributed by atoms with Crippen molar-refractivity contribution in [3.63, 3.8) is 0 Å². The first-order chi connectivity index (χ1) is 15.9. The number of halogens is 1. The molecular formula is C26H23ClN2O3S. The van der Waals surface area contributed by atoms with Crippen LogP contribution in [0.2, 0.25) is 5.02 Å². The molecule has 0 atom stereocenters. The van der Waals surface area contributed by atoms with Crippen LogP contribution >= 0.6 is 23.4 Å². The topological polar surface area (TPSA) is 49.9 Å². The molecule has 5 nitrogen and oxygen atoms in total. The van der Waals surface area contributed by atoms with Gasteiger partial charge in [-0.1, -0.05) is 59.3 Å². The summed E-state index contributed by atoms with van der Waals surface area (Å²) in [7, 11) is 1.50. The number of carbonyl (C=O) groups is 2. The number of ether oxygens (including phenoxy) is 1. The van der Waals surface area contributed by atoms with Gasteiger partial charge in [0.2, 0.25) is 0 Å². The lowest BCUT2D eigenvalue weighted by Crippen LogP contribution is -2.35. The van der Waals surface area contributed by atoms with Gasteiger partial charge in [0.05, 0.1) is 12.8 Å². The molecule has 0 unspecified atom stereocenters. The van der Waals surface area contributed by atoms with Gasteiger partial charge in [-0.3, -0.25) is 9.59 Å². The predicted octanol–water partition coefficient (Wildman–Crippen LogP) is 6.06. The van der Waals surface area contributed by atoms with Gasteiger partial charge in [0.25, 0.3) is 11.8 Å². The Morgan fingerprint density at radius 2 is 1.67 bits per heavy atom. The SMILES string of the molecule is CCN(C1=C(Sc2ccc(C)cc2)C(=O)N(c2cc(Cl)ccc2OC)C1=O)c1ccccc1. The summed E-state index contributed by atoms with van der Waals surface area (Å²) in [6.07, 6.45) is 0. The molecular weight excluding hydrogens is 456 g/mol. The van der Waals surface area contributed by atoms with Crippen molar-refractivity contribution in [3.8, 4) is 5.75 Å². The van der Waals surface area contributed by atoms with Gasteiger partial charge in [-0.25, -0.2) is 4.90 Å². The summed E-state index contributed by atoms with van der Waals surface area (Å²) in [6.45, 7) is 4.47. The lowest BCUT2D eigenvalue weighted by molar-refractivity contribution is -0.120. The van der Waals surface area contributed by atoms with E-state index in [9.17, 15) is 9.59 Å². The third-order valence-electron chi connectivity index (χ3n) is 5.29. The van der Waals surface area contributed by atoms with Crippen LogP contribution in [0.25, 0.3) is 0 Å². The van der Waals surface area contributed by atoms with E-state index in [2.05, 4.69) is 0 Å². The van der Waals surface area contributed by atoms with Crippen molar-refractivity contribution in [1.82, 2.24) is 0 Å². The van der Waals surface area contributed by atoms with E-state index in [1.807, 2.05) is 73.3 Å². The van der Waals surface area contributed by atoms with Crippen LogP contribution in [0.15, 0.2) is 88.3 Å². The standard InChI is InChI=1S/C26H23ClN2O3S/c1-4-28(19-8-6-5-7-9-19)23-24(33-20-13-10-17(2)11-14-20)26(31)29(25(23)30)21-16-18(27)12-15-22(21)32-3/h5-16H,4H2,1-3H3. The summed E-state index contributed by atoms with van der Waals surface area (Å²) in [5, 5.41) is 0.406. The second kappa shape index (κ2) is 9.73. The highest BCUT2D eigenvalue weighted by Crippen LogP contribution is 2.42. The zero-order chi connectivity index (χ0) is 23.5. The number of methoxy groups -OCH3 is 1. The van der Waals surface area contributed by atoms with Crippen LogP contribution in [0.1, 0.15) is 12.5 Å². The molecule has 4 rings (SSSR count). The molecule has 1 aliphatic heterocycles. The molecule has 0 fully saturated rings. The van der Waals surface area contributed by atoms with Crippen molar-refractivity contribution in [2.24, 2.45) is 0 Å². The Kier molecular flexibility index (Phi) is 6.77. The molecule has 168 valence electrons. The molecule has 1 aliphatic rings. The highest BCUT2D eigenvalue weighted by atomic mass is 35.5. The maximum Gasteiger partial charge on any atom is 0.283 e. The molecule has 0 spiro atoms. The highest BCUT2D eigenvalue weighted by Gasteiger charge is 2.43. The Labute approximate surface area is 202 Å². The Morgan fingerprint density at radius 3 is 2.30 bits per heavy atom. The number of nitrogens with zero attached hydrogens (tertiary/aromatic N) is 2. The average molecular weight is 479 g/mol. The quantitative estimate of drug-likeness (QED) is 0.386. The number of aryl methyl sites for hydroxylation is 1. The van der Waals surface area contributed by atoms with E-state index >= 15 is 0 Å². The fourth-order valence-electron chi connectivity index (χ4n) is 3.69. The lowest BCUT2D eigenvalue weighted by Gasteiger charge is -2.25. The van der Waals surface area contributed by atoms with Crippen molar-refractivity contribution in [2.75, 3.05) is 23.5 Å². The van der Waals surface area contributed by atoms with Crippen LogP contribution in [0.5, 0.6) is 5.75 Å². The largest absolute Gasteiger partial charge is 0.495 e. The molecule has 3 aromatic carbocycles. The number of benzene rings is 3. The van der Waals surface area contributed by atoms with E-state index < -0.39 is 11.8 Å². The second-order valence-electron chi connectivity index (χ2n) is 7.43. The van der Waals surface area contributed by atoms with Gasteiger partial charge in [0.1, 0.15) is 16.4 Å². The van der Waals surface area contributed by atoms with E-state index in [1.54, 1.807) is 18.2 Å².